The molecule has 0 spiro atoms. The summed E-state index contributed by atoms with van der Waals surface area (Å²) < 4.78 is 5.12. The van der Waals surface area contributed by atoms with Gasteiger partial charge in [0.1, 0.15) is 17.9 Å². The average molecular weight is 245 g/mol. The molecule has 0 bridgehead atoms. The number of phenols is 1. The predicted octanol–water partition coefficient (Wildman–Crippen LogP) is 2.11. The molecule has 2 rings (SSSR count). The van der Waals surface area contributed by atoms with E-state index in [0.29, 0.717) is 18.2 Å². The van der Waals surface area contributed by atoms with E-state index in [1.54, 1.807) is 19.2 Å². The third-order valence-corrected chi connectivity index (χ3v) is 2.67. The van der Waals surface area contributed by atoms with E-state index in [1.165, 1.54) is 6.33 Å². The molecule has 0 atom stereocenters. The fraction of sp³-hybridized carbons (Fsp3) is 0.231. The minimum Gasteiger partial charge on any atom is -0.508 e. The highest BCUT2D eigenvalue weighted by Gasteiger charge is 2.07. The molecular formula is C13H15N3O2. The Morgan fingerprint density at radius 3 is 2.78 bits per heavy atom. The standard InChI is InChI=1S/C13H15N3O2/c1-9-12(15-8-16-13(9)18-2)14-7-10-5-3-4-6-11(10)17/h3-6,8,17H,7H2,1-2H3,(H,14,15,16). The second-order valence-electron chi connectivity index (χ2n) is 3.84. The number of ether oxygens (including phenoxy) is 1. The third kappa shape index (κ3) is 2.51. The molecule has 94 valence electrons. The van der Waals surface area contributed by atoms with Gasteiger partial charge in [0.15, 0.2) is 0 Å². The summed E-state index contributed by atoms with van der Waals surface area (Å²) in [7, 11) is 1.57. The summed E-state index contributed by atoms with van der Waals surface area (Å²) in [4.78, 5) is 8.16. The van der Waals surface area contributed by atoms with Gasteiger partial charge >= 0.3 is 0 Å². The van der Waals surface area contributed by atoms with Crippen molar-refractivity contribution < 1.29 is 9.84 Å². The van der Waals surface area contributed by atoms with E-state index in [4.69, 9.17) is 4.74 Å². The van der Waals surface area contributed by atoms with Crippen molar-refractivity contribution in [3.8, 4) is 11.6 Å². The van der Waals surface area contributed by atoms with Gasteiger partial charge in [-0.2, -0.15) is 0 Å². The molecule has 2 N–H and O–H groups in total. The molecule has 5 heteroatoms. The van der Waals surface area contributed by atoms with Crippen molar-refractivity contribution in [2.24, 2.45) is 0 Å². The molecule has 0 radical (unpaired) electrons. The molecule has 0 saturated carbocycles. The Hall–Kier alpha value is -2.30. The molecule has 0 aliphatic carbocycles. The highest BCUT2D eigenvalue weighted by atomic mass is 16.5. The SMILES string of the molecule is COc1ncnc(NCc2ccccc2O)c1C. The molecule has 1 aromatic carbocycles. The molecule has 0 fully saturated rings. The van der Waals surface area contributed by atoms with Crippen molar-refractivity contribution in [2.75, 3.05) is 12.4 Å². The van der Waals surface area contributed by atoms with Crippen LogP contribution in [0.25, 0.3) is 0 Å². The van der Waals surface area contributed by atoms with Crippen molar-refractivity contribution in [3.05, 3.63) is 41.7 Å². The van der Waals surface area contributed by atoms with Crippen LogP contribution in [0.15, 0.2) is 30.6 Å². The molecule has 0 amide bonds. The summed E-state index contributed by atoms with van der Waals surface area (Å²) in [6.07, 6.45) is 1.44. The Bertz CT molecular complexity index is 544. The average Bonchev–Trinajstić information content (AvgIpc) is 2.39. The molecular weight excluding hydrogens is 230 g/mol. The van der Waals surface area contributed by atoms with Crippen LogP contribution in [0.4, 0.5) is 5.82 Å². The second kappa shape index (κ2) is 5.35. The molecule has 0 unspecified atom stereocenters. The van der Waals surface area contributed by atoms with E-state index in [2.05, 4.69) is 15.3 Å². The molecule has 1 heterocycles. The van der Waals surface area contributed by atoms with Gasteiger partial charge in [-0.15, -0.1) is 0 Å². The molecule has 2 aromatic rings. The van der Waals surface area contributed by atoms with Gasteiger partial charge in [-0.1, -0.05) is 18.2 Å². The van der Waals surface area contributed by atoms with E-state index in [9.17, 15) is 5.11 Å². The molecule has 0 saturated heterocycles. The van der Waals surface area contributed by atoms with Crippen LogP contribution < -0.4 is 10.1 Å². The highest BCUT2D eigenvalue weighted by molar-refractivity contribution is 5.48. The minimum atomic E-state index is 0.267. The summed E-state index contributed by atoms with van der Waals surface area (Å²) >= 11 is 0. The largest absolute Gasteiger partial charge is 0.508 e. The summed E-state index contributed by atoms with van der Waals surface area (Å²) in [5.74, 6) is 1.51. The van der Waals surface area contributed by atoms with E-state index in [-0.39, 0.29) is 5.75 Å². The second-order valence-corrected chi connectivity index (χ2v) is 3.84. The van der Waals surface area contributed by atoms with Crippen molar-refractivity contribution >= 4 is 5.82 Å². The van der Waals surface area contributed by atoms with Crippen molar-refractivity contribution in [1.29, 1.82) is 0 Å². The quantitative estimate of drug-likeness (QED) is 0.863. The fourth-order valence-electron chi connectivity index (χ4n) is 1.66. The lowest BCUT2D eigenvalue weighted by molar-refractivity contribution is 0.393. The smallest absolute Gasteiger partial charge is 0.221 e. The first-order valence-corrected chi connectivity index (χ1v) is 5.58. The van der Waals surface area contributed by atoms with Gasteiger partial charge < -0.3 is 15.2 Å². The van der Waals surface area contributed by atoms with Crippen LogP contribution in [0.2, 0.25) is 0 Å². The summed E-state index contributed by atoms with van der Waals surface area (Å²) in [6, 6.07) is 7.18. The lowest BCUT2D eigenvalue weighted by Crippen LogP contribution is -2.05. The number of rotatable bonds is 4. The summed E-state index contributed by atoms with van der Waals surface area (Å²) in [5, 5.41) is 12.8. The van der Waals surface area contributed by atoms with Crippen molar-refractivity contribution in [3.63, 3.8) is 0 Å². The summed E-state index contributed by atoms with van der Waals surface area (Å²) in [5.41, 5.74) is 1.66. The van der Waals surface area contributed by atoms with Gasteiger partial charge in [0.2, 0.25) is 5.88 Å². The maximum atomic E-state index is 9.66. The van der Waals surface area contributed by atoms with Gasteiger partial charge in [-0.3, -0.25) is 0 Å². The fourth-order valence-corrected chi connectivity index (χ4v) is 1.66. The number of hydrogen-bond donors (Lipinski definition) is 2. The van der Waals surface area contributed by atoms with Crippen LogP contribution in [0.1, 0.15) is 11.1 Å². The maximum Gasteiger partial charge on any atom is 0.221 e. The normalized spacial score (nSPS) is 10.1. The zero-order valence-corrected chi connectivity index (χ0v) is 10.3. The Kier molecular flexibility index (Phi) is 3.62. The van der Waals surface area contributed by atoms with Crippen LogP contribution in [-0.2, 0) is 6.54 Å². The monoisotopic (exact) mass is 245 g/mol. The van der Waals surface area contributed by atoms with Gasteiger partial charge in [0.05, 0.1) is 12.7 Å². The number of phenolic OH excluding ortho intramolecular Hbond substituents is 1. The number of anilines is 1. The van der Waals surface area contributed by atoms with Crippen LogP contribution >= 0.6 is 0 Å². The molecule has 5 nitrogen and oxygen atoms in total. The highest BCUT2D eigenvalue weighted by Crippen LogP contribution is 2.22. The lowest BCUT2D eigenvalue weighted by atomic mass is 10.2. The first kappa shape index (κ1) is 12.2. The van der Waals surface area contributed by atoms with Gasteiger partial charge in [-0.05, 0) is 13.0 Å². The predicted molar refractivity (Wildman–Crippen MR) is 68.8 cm³/mol. The Morgan fingerprint density at radius 1 is 1.28 bits per heavy atom. The van der Waals surface area contributed by atoms with Crippen LogP contribution in [0, 0.1) is 6.92 Å². The van der Waals surface area contributed by atoms with Gasteiger partial charge in [0.25, 0.3) is 0 Å². The summed E-state index contributed by atoms with van der Waals surface area (Å²) in [6.45, 7) is 2.37. The number of nitrogens with zero attached hydrogens (tertiary/aromatic N) is 2. The molecule has 1 aromatic heterocycles. The van der Waals surface area contributed by atoms with Crippen LogP contribution in [0.5, 0.6) is 11.6 Å². The van der Waals surface area contributed by atoms with E-state index < -0.39 is 0 Å². The van der Waals surface area contributed by atoms with E-state index in [0.717, 1.165) is 11.1 Å². The number of nitrogens with one attached hydrogen (secondary N) is 1. The number of methoxy groups -OCH3 is 1. The third-order valence-electron chi connectivity index (χ3n) is 2.67. The zero-order chi connectivity index (χ0) is 13.0. The molecule has 0 aliphatic heterocycles. The number of hydrogen-bond acceptors (Lipinski definition) is 5. The van der Waals surface area contributed by atoms with E-state index in [1.807, 2.05) is 19.1 Å². The van der Waals surface area contributed by atoms with Crippen molar-refractivity contribution in [2.45, 2.75) is 13.5 Å². The first-order chi connectivity index (χ1) is 8.72. The Labute approximate surface area is 105 Å². The van der Waals surface area contributed by atoms with E-state index >= 15 is 0 Å². The van der Waals surface area contributed by atoms with Gasteiger partial charge in [-0.25, -0.2) is 9.97 Å². The molecule has 0 aliphatic rings. The number of aromatic hydroxyl groups is 1. The number of para-hydroxylation sites is 1. The van der Waals surface area contributed by atoms with Gasteiger partial charge in [0, 0.05) is 12.1 Å². The lowest BCUT2D eigenvalue weighted by Gasteiger charge is -2.11. The Balaban J connectivity index is 2.14. The zero-order valence-electron chi connectivity index (χ0n) is 10.3. The topological polar surface area (TPSA) is 67.3 Å². The first-order valence-electron chi connectivity index (χ1n) is 5.58. The maximum absolute atomic E-state index is 9.66. The van der Waals surface area contributed by atoms with Crippen molar-refractivity contribution in [1.82, 2.24) is 9.97 Å². The number of aromatic nitrogens is 2. The minimum absolute atomic E-state index is 0.267. The van der Waals surface area contributed by atoms with Crippen LogP contribution in [0.3, 0.4) is 0 Å². The van der Waals surface area contributed by atoms with Crippen LogP contribution in [-0.4, -0.2) is 22.2 Å². The number of benzene rings is 1. The Morgan fingerprint density at radius 2 is 2.06 bits per heavy atom. The molecule has 18 heavy (non-hydrogen) atoms.